The molecule has 0 atom stereocenters. The van der Waals surface area contributed by atoms with Crippen LogP contribution in [0.2, 0.25) is 0 Å². The Balaban J connectivity index is 2.99. The highest BCUT2D eigenvalue weighted by atomic mass is 19.3. The molecule has 0 saturated carbocycles. The van der Waals surface area contributed by atoms with Gasteiger partial charge in [0, 0.05) is 17.5 Å². The van der Waals surface area contributed by atoms with Crippen molar-refractivity contribution in [1.82, 2.24) is 0 Å². The van der Waals surface area contributed by atoms with E-state index in [1.54, 1.807) is 26.8 Å². The molecule has 0 saturated heterocycles. The van der Waals surface area contributed by atoms with Crippen LogP contribution in [0.5, 0.6) is 5.75 Å². The van der Waals surface area contributed by atoms with E-state index in [9.17, 15) is 8.78 Å². The molecule has 1 aromatic rings. The summed E-state index contributed by atoms with van der Waals surface area (Å²) < 4.78 is 33.4. The van der Waals surface area contributed by atoms with E-state index in [1.165, 1.54) is 12.1 Å². The number of rotatable bonds is 5. The summed E-state index contributed by atoms with van der Waals surface area (Å²) in [7, 11) is 0. The molecule has 0 aromatic heterocycles. The maximum absolute atomic E-state index is 14.0. The third-order valence-electron chi connectivity index (χ3n) is 2.57. The highest BCUT2D eigenvalue weighted by Crippen LogP contribution is 2.37. The van der Waals surface area contributed by atoms with Crippen LogP contribution in [0.1, 0.15) is 38.3 Å². The highest BCUT2D eigenvalue weighted by molar-refractivity contribution is 5.38. The molecule has 1 rings (SSSR count). The summed E-state index contributed by atoms with van der Waals surface area (Å²) in [6, 6.07) is 4.46. The Morgan fingerprint density at radius 1 is 1.28 bits per heavy atom. The topological polar surface area (TPSA) is 35.2 Å². The molecule has 0 aliphatic carbocycles. The van der Waals surface area contributed by atoms with Crippen LogP contribution in [-0.4, -0.2) is 12.1 Å². The molecule has 0 heterocycles. The first-order valence-corrected chi connectivity index (χ1v) is 6.06. The second-order valence-corrected chi connectivity index (χ2v) is 5.28. The Hall–Kier alpha value is -1.16. The molecular formula is C14H21F2NO. The molecule has 2 N–H and O–H groups in total. The first-order valence-electron chi connectivity index (χ1n) is 6.06. The lowest BCUT2D eigenvalue weighted by Crippen LogP contribution is -2.38. The highest BCUT2D eigenvalue weighted by Gasteiger charge is 2.36. The molecule has 2 nitrogen and oxygen atoms in total. The predicted octanol–water partition coefficient (Wildman–Crippen LogP) is 3.61. The van der Waals surface area contributed by atoms with Crippen molar-refractivity contribution in [3.8, 4) is 5.75 Å². The van der Waals surface area contributed by atoms with Crippen molar-refractivity contribution in [2.45, 2.75) is 45.6 Å². The first kappa shape index (κ1) is 14.9. The van der Waals surface area contributed by atoms with Crippen molar-refractivity contribution in [2.24, 2.45) is 5.73 Å². The molecule has 0 unspecified atom stereocenters. The molecule has 0 bridgehead atoms. The number of alkyl halides is 2. The molecule has 0 aliphatic rings. The largest absolute Gasteiger partial charge is 0.494 e. The number of benzene rings is 1. The molecule has 4 heteroatoms. The maximum Gasteiger partial charge on any atom is 0.275 e. The zero-order chi connectivity index (χ0) is 14.0. The molecule has 102 valence electrons. The Labute approximate surface area is 107 Å². The van der Waals surface area contributed by atoms with Crippen LogP contribution >= 0.6 is 0 Å². The van der Waals surface area contributed by atoms with Gasteiger partial charge in [-0.25, -0.2) is 8.78 Å². The predicted molar refractivity (Wildman–Crippen MR) is 69.1 cm³/mol. The summed E-state index contributed by atoms with van der Waals surface area (Å²) in [5, 5.41) is 0. The van der Waals surface area contributed by atoms with E-state index in [2.05, 4.69) is 0 Å². The smallest absolute Gasteiger partial charge is 0.275 e. The molecule has 1 aromatic carbocycles. The number of hydrogen-bond donors (Lipinski definition) is 1. The van der Waals surface area contributed by atoms with Gasteiger partial charge in [-0.3, -0.25) is 0 Å². The van der Waals surface area contributed by atoms with Crippen LogP contribution in [0.25, 0.3) is 0 Å². The van der Waals surface area contributed by atoms with Gasteiger partial charge in [-0.15, -0.1) is 0 Å². The number of aryl methyl sites for hydroxylation is 1. The Morgan fingerprint density at radius 2 is 1.89 bits per heavy atom. The van der Waals surface area contributed by atoms with Crippen molar-refractivity contribution in [3.05, 3.63) is 29.3 Å². The average Bonchev–Trinajstić information content (AvgIpc) is 2.17. The van der Waals surface area contributed by atoms with Crippen molar-refractivity contribution in [1.29, 1.82) is 0 Å². The van der Waals surface area contributed by atoms with Crippen LogP contribution in [-0.2, 0) is 5.92 Å². The van der Waals surface area contributed by atoms with Crippen molar-refractivity contribution in [3.63, 3.8) is 0 Å². The van der Waals surface area contributed by atoms with Gasteiger partial charge in [0.15, 0.2) is 0 Å². The van der Waals surface area contributed by atoms with Crippen molar-refractivity contribution >= 4 is 0 Å². The summed E-state index contributed by atoms with van der Waals surface area (Å²) in [6.07, 6.45) is -0.382. The van der Waals surface area contributed by atoms with Crippen LogP contribution in [0, 0.1) is 6.92 Å². The standard InChI is InChI=1S/C14H21F2NO/c1-5-18-12-7-6-11(8-10(12)2)14(15,16)9-13(3,4)17/h6-8H,5,9,17H2,1-4H3. The third kappa shape index (κ3) is 3.95. The van der Waals surface area contributed by atoms with E-state index in [0.29, 0.717) is 17.9 Å². The quantitative estimate of drug-likeness (QED) is 0.874. The van der Waals surface area contributed by atoms with Gasteiger partial charge in [0.1, 0.15) is 5.75 Å². The van der Waals surface area contributed by atoms with Gasteiger partial charge in [-0.1, -0.05) is 0 Å². The van der Waals surface area contributed by atoms with Crippen LogP contribution in [0.15, 0.2) is 18.2 Å². The lowest BCUT2D eigenvalue weighted by atomic mass is 9.92. The van der Waals surface area contributed by atoms with Crippen molar-refractivity contribution < 1.29 is 13.5 Å². The van der Waals surface area contributed by atoms with Crippen LogP contribution < -0.4 is 10.5 Å². The van der Waals surface area contributed by atoms with E-state index in [4.69, 9.17) is 10.5 Å². The summed E-state index contributed by atoms with van der Waals surface area (Å²) in [6.45, 7) is 7.34. The SMILES string of the molecule is CCOc1ccc(C(F)(F)CC(C)(C)N)cc1C. The second-order valence-electron chi connectivity index (χ2n) is 5.28. The zero-order valence-corrected chi connectivity index (χ0v) is 11.4. The Kier molecular flexibility index (Phi) is 4.32. The van der Waals surface area contributed by atoms with Crippen LogP contribution in [0.3, 0.4) is 0 Å². The van der Waals surface area contributed by atoms with Gasteiger partial charge in [-0.05, 0) is 51.5 Å². The minimum Gasteiger partial charge on any atom is -0.494 e. The van der Waals surface area contributed by atoms with Gasteiger partial charge in [0.25, 0.3) is 5.92 Å². The van der Waals surface area contributed by atoms with Gasteiger partial charge >= 0.3 is 0 Å². The number of nitrogens with two attached hydrogens (primary N) is 1. The summed E-state index contributed by atoms with van der Waals surface area (Å²) in [5.74, 6) is -2.28. The van der Waals surface area contributed by atoms with E-state index in [-0.39, 0.29) is 12.0 Å². The lowest BCUT2D eigenvalue weighted by molar-refractivity contribution is -0.0296. The molecule has 18 heavy (non-hydrogen) atoms. The van der Waals surface area contributed by atoms with Gasteiger partial charge in [0.05, 0.1) is 6.61 Å². The van der Waals surface area contributed by atoms with Crippen LogP contribution in [0.4, 0.5) is 8.78 Å². The summed E-state index contributed by atoms with van der Waals surface area (Å²) >= 11 is 0. The van der Waals surface area contributed by atoms with Gasteiger partial charge in [-0.2, -0.15) is 0 Å². The molecule has 0 radical (unpaired) electrons. The molecule has 0 fully saturated rings. The lowest BCUT2D eigenvalue weighted by Gasteiger charge is -2.26. The van der Waals surface area contributed by atoms with E-state index < -0.39 is 11.5 Å². The normalized spacial score (nSPS) is 12.6. The average molecular weight is 257 g/mol. The number of hydrogen-bond acceptors (Lipinski definition) is 2. The molecule has 0 amide bonds. The Morgan fingerprint density at radius 3 is 2.33 bits per heavy atom. The molecule has 0 aliphatic heterocycles. The van der Waals surface area contributed by atoms with Gasteiger partial charge in [0.2, 0.25) is 0 Å². The maximum atomic E-state index is 14.0. The minimum atomic E-state index is -2.92. The van der Waals surface area contributed by atoms with E-state index >= 15 is 0 Å². The minimum absolute atomic E-state index is 0.0121. The fraction of sp³-hybridized carbons (Fsp3) is 0.571. The summed E-state index contributed by atoms with van der Waals surface area (Å²) in [4.78, 5) is 0. The first-order chi connectivity index (χ1) is 8.15. The zero-order valence-electron chi connectivity index (χ0n) is 11.4. The fourth-order valence-corrected chi connectivity index (χ4v) is 1.87. The van der Waals surface area contributed by atoms with E-state index in [1.807, 2.05) is 6.92 Å². The van der Waals surface area contributed by atoms with Gasteiger partial charge < -0.3 is 10.5 Å². The van der Waals surface area contributed by atoms with E-state index in [0.717, 1.165) is 0 Å². The second kappa shape index (κ2) is 5.22. The monoisotopic (exact) mass is 257 g/mol. The molecule has 0 spiro atoms. The Bertz CT molecular complexity index is 411. The summed E-state index contributed by atoms with van der Waals surface area (Å²) in [5.41, 5.74) is 5.46. The fourth-order valence-electron chi connectivity index (χ4n) is 1.87. The number of halogens is 2. The number of ether oxygens (including phenoxy) is 1. The van der Waals surface area contributed by atoms with Crippen molar-refractivity contribution in [2.75, 3.05) is 6.61 Å². The third-order valence-corrected chi connectivity index (χ3v) is 2.57. The molecular weight excluding hydrogens is 236 g/mol.